The molecule has 0 unspecified atom stereocenters. The highest BCUT2D eigenvalue weighted by Gasteiger charge is 2.32. The topological polar surface area (TPSA) is 23.5 Å². The molecule has 9 heavy (non-hydrogen) atoms. The van der Waals surface area contributed by atoms with Crippen molar-refractivity contribution in [1.82, 2.24) is 4.90 Å². The van der Waals surface area contributed by atoms with Crippen molar-refractivity contribution in [1.29, 1.82) is 0 Å². The van der Waals surface area contributed by atoms with Crippen LogP contribution in [0.25, 0.3) is 0 Å². The molecule has 1 fully saturated rings. The van der Waals surface area contributed by atoms with Gasteiger partial charge in [-0.1, -0.05) is 0 Å². The Kier molecular flexibility index (Phi) is 1.78. The van der Waals surface area contributed by atoms with Crippen LogP contribution in [0, 0.1) is 0 Å². The van der Waals surface area contributed by atoms with Crippen LogP contribution in [0.2, 0.25) is 0 Å². The summed E-state index contributed by atoms with van der Waals surface area (Å²) in [5.41, 5.74) is 0.0833. The second-order valence-electron chi connectivity index (χ2n) is 3.18. The maximum Gasteiger partial charge on any atom is 0.0612 e. The van der Waals surface area contributed by atoms with Gasteiger partial charge in [-0.25, -0.2) is 0 Å². The summed E-state index contributed by atoms with van der Waals surface area (Å²) in [7, 11) is 2.07. The molecular weight excluding hydrogens is 114 g/mol. The molecular formula is C7H15NO. The molecule has 1 aliphatic heterocycles. The van der Waals surface area contributed by atoms with E-state index in [1.165, 1.54) is 6.42 Å². The van der Waals surface area contributed by atoms with Crippen molar-refractivity contribution < 1.29 is 5.11 Å². The first-order chi connectivity index (χ1) is 4.19. The standard InChI is InChI=1S/C7H15NO/c1-7(6-9)4-3-5-8(7)2/h9H,3-6H2,1-2H3/t7-/m0/s1. The molecule has 0 aromatic rings. The van der Waals surface area contributed by atoms with Crippen LogP contribution in [0.3, 0.4) is 0 Å². The fourth-order valence-electron chi connectivity index (χ4n) is 1.36. The Morgan fingerprint density at radius 3 is 2.56 bits per heavy atom. The van der Waals surface area contributed by atoms with E-state index in [0.717, 1.165) is 13.0 Å². The highest BCUT2D eigenvalue weighted by molar-refractivity contribution is 4.88. The molecule has 0 aromatic heterocycles. The van der Waals surface area contributed by atoms with Gasteiger partial charge in [0.15, 0.2) is 0 Å². The van der Waals surface area contributed by atoms with E-state index < -0.39 is 0 Å². The first-order valence-corrected chi connectivity index (χ1v) is 3.51. The molecule has 1 aliphatic rings. The number of rotatable bonds is 1. The van der Waals surface area contributed by atoms with Crippen LogP contribution in [0.15, 0.2) is 0 Å². The fraction of sp³-hybridized carbons (Fsp3) is 1.00. The maximum absolute atomic E-state index is 8.95. The zero-order chi connectivity index (χ0) is 6.91. The van der Waals surface area contributed by atoms with E-state index in [1.807, 2.05) is 0 Å². The van der Waals surface area contributed by atoms with Gasteiger partial charge in [0.05, 0.1) is 6.61 Å². The number of nitrogens with zero attached hydrogens (tertiary/aromatic N) is 1. The highest BCUT2D eigenvalue weighted by atomic mass is 16.3. The molecule has 0 spiro atoms. The lowest BCUT2D eigenvalue weighted by molar-refractivity contribution is 0.100. The largest absolute Gasteiger partial charge is 0.394 e. The Bertz CT molecular complexity index is 105. The van der Waals surface area contributed by atoms with Gasteiger partial charge in [0.25, 0.3) is 0 Å². The molecule has 1 N–H and O–H groups in total. The maximum atomic E-state index is 8.95. The summed E-state index contributed by atoms with van der Waals surface area (Å²) in [6, 6.07) is 0. The molecule has 0 amide bonds. The van der Waals surface area contributed by atoms with Gasteiger partial charge in [0.2, 0.25) is 0 Å². The average molecular weight is 129 g/mol. The smallest absolute Gasteiger partial charge is 0.0612 e. The van der Waals surface area contributed by atoms with Crippen molar-refractivity contribution in [2.24, 2.45) is 0 Å². The molecule has 1 atom stereocenters. The SMILES string of the molecule is CN1CCC[C@@]1(C)CO. The Labute approximate surface area is 56.5 Å². The van der Waals surface area contributed by atoms with E-state index >= 15 is 0 Å². The lowest BCUT2D eigenvalue weighted by atomic mass is 10.0. The number of likely N-dealkylation sites (tertiary alicyclic amines) is 1. The van der Waals surface area contributed by atoms with Crippen LogP contribution >= 0.6 is 0 Å². The Morgan fingerprint density at radius 2 is 2.33 bits per heavy atom. The minimum absolute atomic E-state index is 0.0833. The quantitative estimate of drug-likeness (QED) is 0.556. The summed E-state index contributed by atoms with van der Waals surface area (Å²) < 4.78 is 0. The van der Waals surface area contributed by atoms with Gasteiger partial charge in [-0.05, 0) is 33.4 Å². The number of aliphatic hydroxyl groups excluding tert-OH is 1. The summed E-state index contributed by atoms with van der Waals surface area (Å²) in [6.07, 6.45) is 2.37. The third kappa shape index (κ3) is 1.10. The minimum Gasteiger partial charge on any atom is -0.394 e. The highest BCUT2D eigenvalue weighted by Crippen LogP contribution is 2.25. The minimum atomic E-state index is 0.0833. The van der Waals surface area contributed by atoms with Gasteiger partial charge >= 0.3 is 0 Å². The summed E-state index contributed by atoms with van der Waals surface area (Å²) in [5.74, 6) is 0. The fourth-order valence-corrected chi connectivity index (χ4v) is 1.36. The Morgan fingerprint density at radius 1 is 1.67 bits per heavy atom. The van der Waals surface area contributed by atoms with E-state index in [0.29, 0.717) is 6.61 Å². The van der Waals surface area contributed by atoms with Crippen molar-refractivity contribution >= 4 is 0 Å². The van der Waals surface area contributed by atoms with Crippen LogP contribution in [0.5, 0.6) is 0 Å². The van der Waals surface area contributed by atoms with Crippen LogP contribution < -0.4 is 0 Å². The third-order valence-corrected chi connectivity index (χ3v) is 2.47. The number of aliphatic hydroxyl groups is 1. The van der Waals surface area contributed by atoms with Crippen LogP contribution in [0.1, 0.15) is 19.8 Å². The van der Waals surface area contributed by atoms with E-state index in [9.17, 15) is 0 Å². The summed E-state index contributed by atoms with van der Waals surface area (Å²) >= 11 is 0. The van der Waals surface area contributed by atoms with E-state index in [2.05, 4.69) is 18.9 Å². The second kappa shape index (κ2) is 2.27. The van der Waals surface area contributed by atoms with Crippen LogP contribution in [-0.4, -0.2) is 35.7 Å². The Balaban J connectivity index is 2.56. The van der Waals surface area contributed by atoms with Crippen molar-refractivity contribution in [2.75, 3.05) is 20.2 Å². The van der Waals surface area contributed by atoms with Gasteiger partial charge in [0, 0.05) is 5.54 Å². The van der Waals surface area contributed by atoms with Crippen molar-refractivity contribution in [3.8, 4) is 0 Å². The molecule has 0 bridgehead atoms. The molecule has 54 valence electrons. The Hall–Kier alpha value is -0.0800. The molecule has 2 nitrogen and oxygen atoms in total. The van der Waals surface area contributed by atoms with E-state index in [-0.39, 0.29) is 5.54 Å². The lowest BCUT2D eigenvalue weighted by Crippen LogP contribution is -2.41. The first-order valence-electron chi connectivity index (χ1n) is 3.51. The molecule has 0 aromatic carbocycles. The number of likely N-dealkylation sites (N-methyl/N-ethyl adjacent to an activating group) is 1. The monoisotopic (exact) mass is 129 g/mol. The molecule has 1 saturated heterocycles. The normalized spacial score (nSPS) is 37.7. The van der Waals surface area contributed by atoms with Crippen molar-refractivity contribution in [3.05, 3.63) is 0 Å². The lowest BCUT2D eigenvalue weighted by Gasteiger charge is -2.29. The molecule has 0 saturated carbocycles. The average Bonchev–Trinajstić information content (AvgIpc) is 2.15. The summed E-state index contributed by atoms with van der Waals surface area (Å²) in [4.78, 5) is 2.23. The summed E-state index contributed by atoms with van der Waals surface area (Å²) in [6.45, 7) is 3.54. The van der Waals surface area contributed by atoms with Crippen LogP contribution in [-0.2, 0) is 0 Å². The molecule has 1 rings (SSSR count). The van der Waals surface area contributed by atoms with E-state index in [4.69, 9.17) is 5.11 Å². The zero-order valence-electron chi connectivity index (χ0n) is 6.22. The molecule has 2 heteroatoms. The predicted molar refractivity (Wildman–Crippen MR) is 37.4 cm³/mol. The number of hydrogen-bond acceptors (Lipinski definition) is 2. The summed E-state index contributed by atoms with van der Waals surface area (Å²) in [5, 5.41) is 8.95. The van der Waals surface area contributed by atoms with E-state index in [1.54, 1.807) is 0 Å². The molecule has 0 radical (unpaired) electrons. The van der Waals surface area contributed by atoms with Crippen molar-refractivity contribution in [2.45, 2.75) is 25.3 Å². The zero-order valence-corrected chi connectivity index (χ0v) is 6.22. The predicted octanol–water partition coefficient (Wildman–Crippen LogP) is 0.463. The van der Waals surface area contributed by atoms with Gasteiger partial charge in [-0.15, -0.1) is 0 Å². The second-order valence-corrected chi connectivity index (χ2v) is 3.18. The van der Waals surface area contributed by atoms with Gasteiger partial charge < -0.3 is 5.11 Å². The third-order valence-electron chi connectivity index (χ3n) is 2.47. The van der Waals surface area contributed by atoms with Gasteiger partial charge in [-0.3, -0.25) is 4.90 Å². The van der Waals surface area contributed by atoms with Crippen molar-refractivity contribution in [3.63, 3.8) is 0 Å². The van der Waals surface area contributed by atoms with Crippen LogP contribution in [0.4, 0.5) is 0 Å². The molecule has 0 aliphatic carbocycles. The molecule has 1 heterocycles. The number of hydrogen-bond donors (Lipinski definition) is 1. The van der Waals surface area contributed by atoms with Gasteiger partial charge in [0.1, 0.15) is 0 Å². The van der Waals surface area contributed by atoms with Gasteiger partial charge in [-0.2, -0.15) is 0 Å². The first kappa shape index (κ1) is 7.03.